The highest BCUT2D eigenvalue weighted by molar-refractivity contribution is 7.89. The van der Waals surface area contributed by atoms with E-state index in [1.54, 1.807) is 37.4 Å². The number of hydrogen-bond donors (Lipinski definition) is 0. The fourth-order valence-electron chi connectivity index (χ4n) is 4.37. The number of aromatic nitrogens is 1. The van der Waals surface area contributed by atoms with Crippen molar-refractivity contribution in [1.29, 1.82) is 0 Å². The molecule has 1 spiro atoms. The van der Waals surface area contributed by atoms with Crippen LogP contribution in [0.3, 0.4) is 0 Å². The molecule has 0 aliphatic carbocycles. The minimum absolute atomic E-state index is 0.0146. The number of carbonyl (C=O) groups excluding carboxylic acids is 1. The Morgan fingerprint density at radius 3 is 2.68 bits per heavy atom. The normalized spacial score (nSPS) is 24.6. The van der Waals surface area contributed by atoms with Crippen molar-refractivity contribution in [2.75, 3.05) is 39.1 Å². The van der Waals surface area contributed by atoms with Crippen LogP contribution in [-0.4, -0.2) is 73.2 Å². The van der Waals surface area contributed by atoms with Gasteiger partial charge in [0.2, 0.25) is 10.0 Å². The van der Waals surface area contributed by atoms with Gasteiger partial charge in [0.1, 0.15) is 5.75 Å². The lowest BCUT2D eigenvalue weighted by molar-refractivity contribution is -0.172. The summed E-state index contributed by atoms with van der Waals surface area (Å²) in [6.07, 6.45) is 3.35. The van der Waals surface area contributed by atoms with Crippen LogP contribution in [0.4, 0.5) is 0 Å². The highest BCUT2D eigenvalue weighted by Gasteiger charge is 2.58. The summed E-state index contributed by atoms with van der Waals surface area (Å²) in [7, 11) is -1.86. The topological polar surface area (TPSA) is 89.0 Å². The van der Waals surface area contributed by atoms with Crippen molar-refractivity contribution in [3.05, 3.63) is 59.9 Å². The average Bonchev–Trinajstić information content (AvgIpc) is 3.19. The summed E-state index contributed by atoms with van der Waals surface area (Å²) in [6, 6.07) is 11.2. The predicted octanol–water partition coefficient (Wildman–Crippen LogP) is 1.64. The maximum atomic E-state index is 13.8. The zero-order chi connectivity index (χ0) is 22.1. The van der Waals surface area contributed by atoms with E-state index in [0.717, 1.165) is 16.9 Å². The minimum atomic E-state index is -3.47. The number of rotatable bonds is 6. The molecular weight excluding hydrogens is 418 g/mol. The molecule has 1 aromatic carbocycles. The van der Waals surface area contributed by atoms with Crippen LogP contribution in [0.25, 0.3) is 0 Å². The molecule has 4 rings (SSSR count). The molecule has 0 radical (unpaired) electrons. The summed E-state index contributed by atoms with van der Waals surface area (Å²) in [4.78, 5) is 19.7. The number of morpholine rings is 1. The second kappa shape index (κ2) is 8.57. The molecule has 9 heteroatoms. The first kappa shape index (κ1) is 21.7. The monoisotopic (exact) mass is 445 g/mol. The molecule has 2 aliphatic heterocycles. The van der Waals surface area contributed by atoms with Gasteiger partial charge < -0.3 is 14.4 Å². The van der Waals surface area contributed by atoms with Crippen LogP contribution in [0, 0.1) is 0 Å². The Hall–Kier alpha value is -2.49. The maximum absolute atomic E-state index is 13.8. The Bertz CT molecular complexity index is 1030. The average molecular weight is 446 g/mol. The Morgan fingerprint density at radius 2 is 2.03 bits per heavy atom. The van der Waals surface area contributed by atoms with Gasteiger partial charge in [-0.15, -0.1) is 0 Å². The molecule has 2 atom stereocenters. The van der Waals surface area contributed by atoms with Crippen LogP contribution in [0.2, 0.25) is 0 Å². The van der Waals surface area contributed by atoms with E-state index < -0.39 is 21.5 Å². The van der Waals surface area contributed by atoms with Gasteiger partial charge >= 0.3 is 0 Å². The van der Waals surface area contributed by atoms with Gasteiger partial charge in [0.05, 0.1) is 26.0 Å². The second-order valence-corrected chi connectivity index (χ2v) is 10.1. The van der Waals surface area contributed by atoms with Crippen molar-refractivity contribution in [3.63, 3.8) is 0 Å². The third-order valence-electron chi connectivity index (χ3n) is 6.11. The molecule has 2 aliphatic rings. The SMILES string of the molecule is CCS(=O)(=O)N1C[C@H](c2cccnc2)[C@]2(C1)OCCN(Cc1ccc(OC)cc1)C2=O. The Labute approximate surface area is 182 Å². The Kier molecular flexibility index (Phi) is 6.00. The van der Waals surface area contributed by atoms with E-state index in [4.69, 9.17) is 9.47 Å². The van der Waals surface area contributed by atoms with Gasteiger partial charge in [-0.2, -0.15) is 4.31 Å². The van der Waals surface area contributed by atoms with E-state index in [1.807, 2.05) is 30.3 Å². The molecule has 1 amide bonds. The van der Waals surface area contributed by atoms with E-state index in [0.29, 0.717) is 19.7 Å². The molecule has 0 saturated carbocycles. The molecule has 3 heterocycles. The second-order valence-electron chi connectivity index (χ2n) is 7.84. The number of hydrogen-bond acceptors (Lipinski definition) is 6. The van der Waals surface area contributed by atoms with Crippen molar-refractivity contribution in [2.24, 2.45) is 0 Å². The number of ether oxygens (including phenoxy) is 2. The Balaban J connectivity index is 1.66. The quantitative estimate of drug-likeness (QED) is 0.672. The van der Waals surface area contributed by atoms with Crippen LogP contribution >= 0.6 is 0 Å². The highest BCUT2D eigenvalue weighted by atomic mass is 32.2. The van der Waals surface area contributed by atoms with Crippen molar-refractivity contribution < 1.29 is 22.7 Å². The Morgan fingerprint density at radius 1 is 1.26 bits per heavy atom. The summed E-state index contributed by atoms with van der Waals surface area (Å²) in [6.45, 7) is 3.05. The number of carbonyl (C=O) groups is 1. The van der Waals surface area contributed by atoms with Gasteiger partial charge in [0.25, 0.3) is 5.91 Å². The molecule has 2 fully saturated rings. The summed E-state index contributed by atoms with van der Waals surface area (Å²) in [5.74, 6) is 0.124. The van der Waals surface area contributed by atoms with Crippen molar-refractivity contribution in [3.8, 4) is 5.75 Å². The third-order valence-corrected chi connectivity index (χ3v) is 7.90. The van der Waals surface area contributed by atoms with Crippen LogP contribution in [0.5, 0.6) is 5.75 Å². The van der Waals surface area contributed by atoms with Crippen molar-refractivity contribution in [1.82, 2.24) is 14.2 Å². The zero-order valence-corrected chi connectivity index (χ0v) is 18.5. The number of amides is 1. The number of nitrogens with zero attached hydrogens (tertiary/aromatic N) is 3. The zero-order valence-electron chi connectivity index (χ0n) is 17.7. The highest BCUT2D eigenvalue weighted by Crippen LogP contribution is 2.43. The molecule has 8 nitrogen and oxygen atoms in total. The first-order valence-electron chi connectivity index (χ1n) is 10.3. The molecule has 0 bridgehead atoms. The van der Waals surface area contributed by atoms with E-state index in [-0.39, 0.29) is 24.7 Å². The fraction of sp³-hybridized carbons (Fsp3) is 0.455. The van der Waals surface area contributed by atoms with E-state index in [2.05, 4.69) is 4.98 Å². The molecule has 0 unspecified atom stereocenters. The fourth-order valence-corrected chi connectivity index (χ4v) is 5.50. The predicted molar refractivity (Wildman–Crippen MR) is 115 cm³/mol. The number of methoxy groups -OCH3 is 1. The lowest BCUT2D eigenvalue weighted by atomic mass is 9.83. The molecule has 0 N–H and O–H groups in total. The number of benzene rings is 1. The largest absolute Gasteiger partial charge is 0.497 e. The molecule has 166 valence electrons. The summed E-state index contributed by atoms with van der Waals surface area (Å²) in [5.41, 5.74) is 0.520. The summed E-state index contributed by atoms with van der Waals surface area (Å²) >= 11 is 0. The molecule has 2 saturated heterocycles. The van der Waals surface area contributed by atoms with Crippen LogP contribution < -0.4 is 4.74 Å². The van der Waals surface area contributed by atoms with E-state index in [1.165, 1.54) is 4.31 Å². The number of pyridine rings is 1. The molecule has 1 aromatic heterocycles. The molecule has 2 aromatic rings. The van der Waals surface area contributed by atoms with Gasteiger partial charge in [0.15, 0.2) is 5.60 Å². The molecule has 31 heavy (non-hydrogen) atoms. The van der Waals surface area contributed by atoms with Crippen molar-refractivity contribution in [2.45, 2.75) is 25.0 Å². The van der Waals surface area contributed by atoms with E-state index >= 15 is 0 Å². The van der Waals surface area contributed by atoms with Gasteiger partial charge in [-0.25, -0.2) is 8.42 Å². The smallest absolute Gasteiger partial charge is 0.257 e. The first-order chi connectivity index (χ1) is 14.9. The minimum Gasteiger partial charge on any atom is -0.497 e. The van der Waals surface area contributed by atoms with Gasteiger partial charge in [0, 0.05) is 37.9 Å². The van der Waals surface area contributed by atoms with Gasteiger partial charge in [-0.3, -0.25) is 9.78 Å². The summed E-state index contributed by atoms with van der Waals surface area (Å²) in [5, 5.41) is 0. The lowest BCUT2D eigenvalue weighted by Gasteiger charge is -2.42. The van der Waals surface area contributed by atoms with Gasteiger partial charge in [-0.05, 0) is 36.2 Å². The van der Waals surface area contributed by atoms with Gasteiger partial charge in [-0.1, -0.05) is 18.2 Å². The number of sulfonamides is 1. The molecular formula is C22H27N3O5S. The third kappa shape index (κ3) is 4.05. The standard InChI is InChI=1S/C22H27N3O5S/c1-3-31(27,28)25-15-20(18-5-4-10-23-13-18)22(16-25)21(26)24(11-12-30-22)14-17-6-8-19(29-2)9-7-17/h4-10,13,20H,3,11-12,14-16H2,1-2H3/t20-,22+/m1/s1. The van der Waals surface area contributed by atoms with Crippen LogP contribution in [0.1, 0.15) is 24.0 Å². The first-order valence-corrected chi connectivity index (χ1v) is 11.9. The van der Waals surface area contributed by atoms with Crippen LogP contribution in [0.15, 0.2) is 48.8 Å². The lowest BCUT2D eigenvalue weighted by Crippen LogP contribution is -2.60. The summed E-state index contributed by atoms with van der Waals surface area (Å²) < 4.78 is 38.1. The van der Waals surface area contributed by atoms with Crippen LogP contribution in [-0.2, 0) is 26.1 Å². The van der Waals surface area contributed by atoms with E-state index in [9.17, 15) is 13.2 Å². The maximum Gasteiger partial charge on any atom is 0.257 e. The van der Waals surface area contributed by atoms with Crippen molar-refractivity contribution >= 4 is 15.9 Å².